The monoisotopic (exact) mass is 492 g/mol. The molecule has 1 N–H and O–H groups in total. The van der Waals surface area contributed by atoms with E-state index in [0.29, 0.717) is 42.5 Å². The lowest BCUT2D eigenvalue weighted by Crippen LogP contribution is -2.63. The highest BCUT2D eigenvalue weighted by Gasteiger charge is 2.48. The number of carbonyl (C=O) groups excluding carboxylic acids is 2. The Kier molecular flexibility index (Phi) is 7.59. The smallest absolute Gasteiger partial charge is 0.273 e. The Morgan fingerprint density at radius 1 is 1.08 bits per heavy atom. The third-order valence-corrected chi connectivity index (χ3v) is 6.48. The van der Waals surface area contributed by atoms with Crippen LogP contribution in [-0.4, -0.2) is 66.5 Å². The molecule has 190 valence electrons. The maximum atomic E-state index is 13.9. The van der Waals surface area contributed by atoms with Crippen molar-refractivity contribution in [2.45, 2.75) is 32.0 Å². The number of benzene rings is 2. The third kappa shape index (κ3) is 4.92. The van der Waals surface area contributed by atoms with E-state index in [-0.39, 0.29) is 24.9 Å². The molecule has 0 spiro atoms. The number of ether oxygens (including phenoxy) is 3. The van der Waals surface area contributed by atoms with Crippen molar-refractivity contribution in [3.05, 3.63) is 65.9 Å². The van der Waals surface area contributed by atoms with E-state index >= 15 is 0 Å². The number of aromatic nitrogens is 2. The minimum absolute atomic E-state index is 0.160. The Morgan fingerprint density at radius 2 is 1.86 bits per heavy atom. The van der Waals surface area contributed by atoms with Crippen LogP contribution in [0.4, 0.5) is 0 Å². The lowest BCUT2D eigenvalue weighted by molar-refractivity contribution is -0.133. The maximum absolute atomic E-state index is 13.9. The van der Waals surface area contributed by atoms with Gasteiger partial charge in [0.1, 0.15) is 22.7 Å². The van der Waals surface area contributed by atoms with Gasteiger partial charge in [0.2, 0.25) is 5.91 Å². The van der Waals surface area contributed by atoms with Crippen LogP contribution in [0.25, 0.3) is 11.3 Å². The molecule has 1 atom stereocenters. The second-order valence-corrected chi connectivity index (χ2v) is 8.88. The molecule has 0 aliphatic carbocycles. The molecular formula is C27H32N4O5. The zero-order valence-electron chi connectivity index (χ0n) is 21.1. The highest BCUT2D eigenvalue weighted by Crippen LogP contribution is 2.34. The van der Waals surface area contributed by atoms with E-state index in [1.54, 1.807) is 56.0 Å². The standard InChI is InChI=1S/C27H32N4O5/c1-27(26(33)28-13-8-14-34-2)18-31-23(16-22(29-31)19-9-6-5-7-10-19)25(32)30(27)17-20-15-21(35-3)11-12-24(20)36-4/h5-7,9-12,15-16H,8,13-14,17-18H2,1-4H3,(H,28,33)/t27-/m0/s1. The summed E-state index contributed by atoms with van der Waals surface area (Å²) in [6.45, 7) is 3.12. The molecule has 1 aliphatic heterocycles. The Balaban J connectivity index is 1.73. The van der Waals surface area contributed by atoms with Gasteiger partial charge in [-0.25, -0.2) is 0 Å². The number of rotatable bonds is 10. The number of nitrogens with zero attached hydrogens (tertiary/aromatic N) is 3. The molecule has 0 fully saturated rings. The molecule has 36 heavy (non-hydrogen) atoms. The molecule has 9 nitrogen and oxygen atoms in total. The second kappa shape index (κ2) is 10.8. The molecule has 0 saturated heterocycles. The first-order valence-corrected chi connectivity index (χ1v) is 11.8. The van der Waals surface area contributed by atoms with Crippen LogP contribution in [0.15, 0.2) is 54.6 Å². The van der Waals surface area contributed by atoms with E-state index in [4.69, 9.17) is 14.2 Å². The van der Waals surface area contributed by atoms with Crippen molar-refractivity contribution in [2.75, 3.05) is 34.5 Å². The van der Waals surface area contributed by atoms with Crippen LogP contribution < -0.4 is 14.8 Å². The van der Waals surface area contributed by atoms with E-state index in [2.05, 4.69) is 10.4 Å². The van der Waals surface area contributed by atoms with Gasteiger partial charge in [-0.05, 0) is 37.6 Å². The van der Waals surface area contributed by atoms with Gasteiger partial charge in [0, 0.05) is 31.4 Å². The summed E-state index contributed by atoms with van der Waals surface area (Å²) < 4.78 is 17.7. The number of amides is 2. The van der Waals surface area contributed by atoms with Gasteiger partial charge in [-0.1, -0.05) is 30.3 Å². The number of nitrogens with one attached hydrogen (secondary N) is 1. The van der Waals surface area contributed by atoms with E-state index in [0.717, 1.165) is 11.1 Å². The minimum Gasteiger partial charge on any atom is -0.497 e. The van der Waals surface area contributed by atoms with Gasteiger partial charge < -0.3 is 24.4 Å². The fourth-order valence-corrected chi connectivity index (χ4v) is 4.42. The van der Waals surface area contributed by atoms with Crippen LogP contribution in [0.5, 0.6) is 11.5 Å². The number of carbonyl (C=O) groups is 2. The van der Waals surface area contributed by atoms with Gasteiger partial charge in [0.15, 0.2) is 0 Å². The van der Waals surface area contributed by atoms with Gasteiger partial charge in [0.25, 0.3) is 5.91 Å². The lowest BCUT2D eigenvalue weighted by atomic mass is 9.93. The van der Waals surface area contributed by atoms with Gasteiger partial charge in [-0.15, -0.1) is 0 Å². The zero-order valence-corrected chi connectivity index (χ0v) is 21.1. The molecule has 2 amide bonds. The lowest BCUT2D eigenvalue weighted by Gasteiger charge is -2.43. The molecule has 2 aromatic carbocycles. The molecule has 0 saturated carbocycles. The van der Waals surface area contributed by atoms with Crippen LogP contribution in [-0.2, 0) is 22.6 Å². The number of methoxy groups -OCH3 is 3. The molecule has 9 heteroatoms. The summed E-state index contributed by atoms with van der Waals surface area (Å²) in [5, 5.41) is 7.66. The highest BCUT2D eigenvalue weighted by molar-refractivity contribution is 6.00. The summed E-state index contributed by atoms with van der Waals surface area (Å²) in [4.78, 5) is 29.1. The molecule has 1 aliphatic rings. The van der Waals surface area contributed by atoms with Crippen molar-refractivity contribution in [3.63, 3.8) is 0 Å². The van der Waals surface area contributed by atoms with E-state index < -0.39 is 5.54 Å². The van der Waals surface area contributed by atoms with Crippen molar-refractivity contribution >= 4 is 11.8 Å². The number of fused-ring (bicyclic) bond motifs is 1. The maximum Gasteiger partial charge on any atom is 0.273 e. The quantitative estimate of drug-likeness (QED) is 0.437. The average molecular weight is 493 g/mol. The third-order valence-electron chi connectivity index (χ3n) is 6.48. The van der Waals surface area contributed by atoms with Crippen molar-refractivity contribution < 1.29 is 23.8 Å². The van der Waals surface area contributed by atoms with Gasteiger partial charge in [-0.2, -0.15) is 5.10 Å². The van der Waals surface area contributed by atoms with Crippen LogP contribution in [0, 0.1) is 0 Å². The van der Waals surface area contributed by atoms with Gasteiger partial charge in [0.05, 0.1) is 33.0 Å². The SMILES string of the molecule is COCCCNC(=O)[C@]1(C)Cn2nc(-c3ccccc3)cc2C(=O)N1Cc1cc(OC)ccc1OC. The summed E-state index contributed by atoms with van der Waals surface area (Å²) in [7, 11) is 4.78. The van der Waals surface area contributed by atoms with Crippen molar-refractivity contribution in [1.29, 1.82) is 0 Å². The average Bonchev–Trinajstić information content (AvgIpc) is 3.33. The number of hydrogen-bond donors (Lipinski definition) is 1. The van der Waals surface area contributed by atoms with Gasteiger partial charge >= 0.3 is 0 Å². The van der Waals surface area contributed by atoms with Gasteiger partial charge in [-0.3, -0.25) is 14.3 Å². The highest BCUT2D eigenvalue weighted by atomic mass is 16.5. The van der Waals surface area contributed by atoms with Crippen molar-refractivity contribution in [1.82, 2.24) is 20.0 Å². The fourth-order valence-electron chi connectivity index (χ4n) is 4.42. The first-order valence-electron chi connectivity index (χ1n) is 11.8. The van der Waals surface area contributed by atoms with Crippen LogP contribution >= 0.6 is 0 Å². The Bertz CT molecular complexity index is 1230. The van der Waals surface area contributed by atoms with Crippen LogP contribution in [0.2, 0.25) is 0 Å². The predicted octanol–water partition coefficient (Wildman–Crippen LogP) is 3.13. The Morgan fingerprint density at radius 3 is 2.56 bits per heavy atom. The molecule has 0 bridgehead atoms. The molecule has 0 radical (unpaired) electrons. The Hall–Kier alpha value is -3.85. The molecule has 0 unspecified atom stereocenters. The Labute approximate surface area is 210 Å². The first kappa shape index (κ1) is 25.2. The molecule has 1 aromatic heterocycles. The first-order chi connectivity index (χ1) is 17.4. The van der Waals surface area contributed by atoms with E-state index in [1.165, 1.54) is 0 Å². The largest absolute Gasteiger partial charge is 0.497 e. The normalized spacial score (nSPS) is 17.0. The van der Waals surface area contributed by atoms with E-state index in [1.807, 2.05) is 36.4 Å². The second-order valence-electron chi connectivity index (χ2n) is 8.88. The molecule has 2 heterocycles. The van der Waals surface area contributed by atoms with Crippen molar-refractivity contribution in [3.8, 4) is 22.8 Å². The van der Waals surface area contributed by atoms with E-state index in [9.17, 15) is 9.59 Å². The summed E-state index contributed by atoms with van der Waals surface area (Å²) in [5.74, 6) is 0.708. The van der Waals surface area contributed by atoms with Crippen molar-refractivity contribution in [2.24, 2.45) is 0 Å². The molecule has 3 aromatic rings. The fraction of sp³-hybridized carbons (Fsp3) is 0.370. The molecular weight excluding hydrogens is 460 g/mol. The zero-order chi connectivity index (χ0) is 25.7. The topological polar surface area (TPSA) is 94.9 Å². The summed E-state index contributed by atoms with van der Waals surface area (Å²) in [6, 6.07) is 16.9. The summed E-state index contributed by atoms with van der Waals surface area (Å²) in [5.41, 5.74) is 1.56. The van der Waals surface area contributed by atoms with Crippen LogP contribution in [0.3, 0.4) is 0 Å². The summed E-state index contributed by atoms with van der Waals surface area (Å²) >= 11 is 0. The number of hydrogen-bond acceptors (Lipinski definition) is 6. The molecule has 4 rings (SSSR count). The van der Waals surface area contributed by atoms with Crippen LogP contribution in [0.1, 0.15) is 29.4 Å². The minimum atomic E-state index is -1.19. The predicted molar refractivity (Wildman–Crippen MR) is 135 cm³/mol. The summed E-state index contributed by atoms with van der Waals surface area (Å²) in [6.07, 6.45) is 0.668.